The summed E-state index contributed by atoms with van der Waals surface area (Å²) in [6.45, 7) is 16.5. The summed E-state index contributed by atoms with van der Waals surface area (Å²) in [5, 5.41) is 9.50. The van der Waals surface area contributed by atoms with E-state index in [0.717, 1.165) is 89.5 Å². The summed E-state index contributed by atoms with van der Waals surface area (Å²) in [6, 6.07) is 126. The lowest BCUT2D eigenvalue weighted by molar-refractivity contribution is 0.660. The molecule has 500 valence electrons. The lowest BCUT2D eigenvalue weighted by Gasteiger charge is -2.22. The van der Waals surface area contributed by atoms with Crippen molar-refractivity contribution in [2.75, 3.05) is 0 Å². The van der Waals surface area contributed by atoms with Gasteiger partial charge in [0.15, 0.2) is 17.3 Å². The smallest absolute Gasteiger partial charge is 0.187 e. The van der Waals surface area contributed by atoms with Crippen molar-refractivity contribution in [3.8, 4) is 163 Å². The predicted octanol–water partition coefficient (Wildman–Crippen LogP) is 26.0. The van der Waals surface area contributed by atoms with Crippen LogP contribution in [0.3, 0.4) is 0 Å². The zero-order valence-corrected chi connectivity index (χ0v) is 59.2. The van der Waals surface area contributed by atoms with Crippen LogP contribution in [0.2, 0.25) is 0 Å². The summed E-state index contributed by atoms with van der Waals surface area (Å²) >= 11 is 0. The maximum Gasteiger partial charge on any atom is 0.187 e. The third kappa shape index (κ3) is 12.7. The molecule has 0 bridgehead atoms. The highest BCUT2D eigenvalue weighted by atomic mass is 14.9. The Balaban J connectivity index is 0.000000156. The minimum absolute atomic E-state index is 0.135. The Bertz CT molecular complexity index is 6070. The van der Waals surface area contributed by atoms with Crippen molar-refractivity contribution in [2.45, 2.75) is 38.5 Å². The van der Waals surface area contributed by atoms with Gasteiger partial charge in [0, 0.05) is 44.2 Å². The third-order valence-electron chi connectivity index (χ3n) is 21.1. The Kier molecular flexibility index (Phi) is 17.0. The first-order chi connectivity index (χ1) is 51.9. The second-order valence-electron chi connectivity index (χ2n) is 28.3. The van der Waals surface area contributed by atoms with E-state index in [4.69, 9.17) is 26.5 Å². The van der Waals surface area contributed by atoms with Crippen LogP contribution in [0.1, 0.15) is 55.5 Å². The van der Waals surface area contributed by atoms with Crippen LogP contribution in [0.15, 0.2) is 352 Å². The standard InChI is InChI=1S/2C50H35N3/c1-50(2)45-28-25-40(30-44(45)43-27-26-42(51-3)31-46(43)50)36-19-17-34(18-20-36)35-21-23-37(24-22-35)47-32-48(53-49(52-47)38-13-8-5-9-14-38)41-16-10-15-39(29-41)33-11-6-4-7-12-33;1-50(2)45-29-33(32-51)13-27-43(45)44-28-26-42(30-46(44)50)38-16-14-36(15-17-38)37-18-22-40(23-19-37)48-31-47(39-11-7-4-8-12-39)52-49(53-48)41-24-20-35(21-25-41)34-9-5-3-6-10-34/h4-32H,1-2H3;3-31H,1-2H3. The van der Waals surface area contributed by atoms with E-state index in [-0.39, 0.29) is 10.8 Å². The SMILES string of the molecule is CC1(C)c2cc(C#N)ccc2-c2ccc(-c3ccc(-c4ccc(-c5cc(-c6ccccc6)nc(-c6ccc(-c7ccccc7)cc6)n5)cc4)cc3)cc21.[C-]#[N+]c1ccc2c(c1)C(C)(C)c1ccc(-c3ccc(-c4ccc(-c5cc(-c6cccc(-c7ccccc7)c6)nc(-c6ccccc6)n5)cc4)cc3)cc1-2. The van der Waals surface area contributed by atoms with E-state index in [1.807, 2.05) is 66.7 Å². The van der Waals surface area contributed by atoms with Gasteiger partial charge in [0.2, 0.25) is 0 Å². The lowest BCUT2D eigenvalue weighted by Crippen LogP contribution is -2.15. The number of nitriles is 1. The van der Waals surface area contributed by atoms with Gasteiger partial charge in [0.05, 0.1) is 41.0 Å². The molecule has 2 aliphatic rings. The fraction of sp³-hybridized carbons (Fsp3) is 0.0600. The highest BCUT2D eigenvalue weighted by molar-refractivity contribution is 5.88. The maximum absolute atomic E-state index is 9.50. The van der Waals surface area contributed by atoms with Gasteiger partial charge in [-0.1, -0.05) is 337 Å². The Morgan fingerprint density at radius 2 is 0.547 bits per heavy atom. The Labute approximate surface area is 619 Å². The van der Waals surface area contributed by atoms with Crippen molar-refractivity contribution in [2.24, 2.45) is 0 Å². The van der Waals surface area contributed by atoms with E-state index in [1.165, 1.54) is 77.9 Å². The molecule has 106 heavy (non-hydrogen) atoms. The number of nitrogens with zero attached hydrogens (tertiary/aromatic N) is 6. The Morgan fingerprint density at radius 3 is 1.04 bits per heavy atom. The summed E-state index contributed by atoms with van der Waals surface area (Å²) in [5.74, 6) is 1.40. The molecule has 0 N–H and O–H groups in total. The van der Waals surface area contributed by atoms with E-state index in [2.05, 4.69) is 324 Å². The predicted molar refractivity (Wildman–Crippen MR) is 435 cm³/mol. The molecule has 0 saturated carbocycles. The molecule has 0 unspecified atom stereocenters. The van der Waals surface area contributed by atoms with E-state index in [9.17, 15) is 5.26 Å². The first-order valence-electron chi connectivity index (χ1n) is 35.9. The monoisotopic (exact) mass is 1350 g/mol. The average molecular weight is 1360 g/mol. The second-order valence-corrected chi connectivity index (χ2v) is 28.3. The second kappa shape index (κ2) is 27.5. The molecular formula is C100H70N6. The molecule has 2 heterocycles. The lowest BCUT2D eigenvalue weighted by atomic mass is 9.81. The molecule has 0 saturated heterocycles. The van der Waals surface area contributed by atoms with Gasteiger partial charge in [0.1, 0.15) is 0 Å². The summed E-state index contributed by atoms with van der Waals surface area (Å²) in [5.41, 5.74) is 34.8. The van der Waals surface area contributed by atoms with E-state index < -0.39 is 0 Å². The molecule has 18 rings (SSSR count). The van der Waals surface area contributed by atoms with Gasteiger partial charge in [-0.25, -0.2) is 24.8 Å². The van der Waals surface area contributed by atoms with Gasteiger partial charge in [-0.3, -0.25) is 0 Å². The molecule has 6 heteroatoms. The van der Waals surface area contributed by atoms with Crippen LogP contribution in [0.5, 0.6) is 0 Å². The number of aromatic nitrogens is 4. The molecule has 0 amide bonds. The van der Waals surface area contributed by atoms with Crippen LogP contribution in [0, 0.1) is 17.9 Å². The summed E-state index contributed by atoms with van der Waals surface area (Å²) in [7, 11) is 0. The van der Waals surface area contributed by atoms with Crippen LogP contribution in [-0.4, -0.2) is 19.9 Å². The van der Waals surface area contributed by atoms with Crippen LogP contribution < -0.4 is 0 Å². The quantitative estimate of drug-likeness (QED) is 0.114. The summed E-state index contributed by atoms with van der Waals surface area (Å²) in [4.78, 5) is 23.9. The topological polar surface area (TPSA) is 79.7 Å². The number of fused-ring (bicyclic) bond motifs is 6. The maximum atomic E-state index is 9.50. The highest BCUT2D eigenvalue weighted by Gasteiger charge is 2.37. The van der Waals surface area contributed by atoms with Gasteiger partial charge in [-0.2, -0.15) is 5.26 Å². The van der Waals surface area contributed by atoms with Crippen molar-refractivity contribution in [1.29, 1.82) is 5.26 Å². The molecule has 0 aliphatic heterocycles. The number of benzene rings is 14. The van der Waals surface area contributed by atoms with Gasteiger partial charge >= 0.3 is 0 Å². The molecule has 0 fully saturated rings. The van der Waals surface area contributed by atoms with Crippen LogP contribution >= 0.6 is 0 Å². The molecule has 16 aromatic rings. The largest absolute Gasteiger partial charge is 0.238 e. The van der Waals surface area contributed by atoms with Gasteiger partial charge in [-0.15, -0.1) is 0 Å². The molecule has 0 radical (unpaired) electrons. The zero-order chi connectivity index (χ0) is 71.9. The summed E-state index contributed by atoms with van der Waals surface area (Å²) < 4.78 is 0. The van der Waals surface area contributed by atoms with Crippen molar-refractivity contribution in [3.05, 3.63) is 391 Å². The number of hydrogen-bond donors (Lipinski definition) is 0. The molecule has 2 aromatic heterocycles. The van der Waals surface area contributed by atoms with E-state index in [1.54, 1.807) is 0 Å². The first-order valence-corrected chi connectivity index (χ1v) is 35.9. The number of rotatable bonds is 12. The van der Waals surface area contributed by atoms with Gasteiger partial charge in [0.25, 0.3) is 0 Å². The van der Waals surface area contributed by atoms with Crippen LogP contribution in [0.25, 0.3) is 162 Å². The molecular weight excluding hydrogens is 1290 g/mol. The molecule has 14 aromatic carbocycles. The zero-order valence-electron chi connectivity index (χ0n) is 59.2. The van der Waals surface area contributed by atoms with Crippen molar-refractivity contribution >= 4 is 5.69 Å². The minimum atomic E-state index is -0.172. The summed E-state index contributed by atoms with van der Waals surface area (Å²) in [6.07, 6.45) is 0. The molecule has 6 nitrogen and oxygen atoms in total. The third-order valence-corrected chi connectivity index (χ3v) is 21.1. The van der Waals surface area contributed by atoms with Crippen molar-refractivity contribution < 1.29 is 0 Å². The van der Waals surface area contributed by atoms with Gasteiger partial charge in [-0.05, 0) is 154 Å². The van der Waals surface area contributed by atoms with Crippen molar-refractivity contribution in [1.82, 2.24) is 19.9 Å². The fourth-order valence-electron chi connectivity index (χ4n) is 15.2. The normalized spacial score (nSPS) is 12.5. The molecule has 0 atom stereocenters. The molecule has 2 aliphatic carbocycles. The van der Waals surface area contributed by atoms with E-state index >= 15 is 0 Å². The number of hydrogen-bond acceptors (Lipinski definition) is 5. The van der Waals surface area contributed by atoms with Crippen LogP contribution in [0.4, 0.5) is 5.69 Å². The van der Waals surface area contributed by atoms with E-state index in [0.29, 0.717) is 22.9 Å². The molecule has 0 spiro atoms. The minimum Gasteiger partial charge on any atom is -0.238 e. The Hall–Kier alpha value is -13.8. The first kappa shape index (κ1) is 65.5. The van der Waals surface area contributed by atoms with Gasteiger partial charge < -0.3 is 0 Å². The highest BCUT2D eigenvalue weighted by Crippen LogP contribution is 2.52. The fourth-order valence-corrected chi connectivity index (χ4v) is 15.2. The van der Waals surface area contributed by atoms with Crippen LogP contribution in [-0.2, 0) is 10.8 Å². The average Bonchev–Trinajstić information content (AvgIpc) is 1.57. The Morgan fingerprint density at radius 1 is 0.245 bits per heavy atom. The van der Waals surface area contributed by atoms with Crippen molar-refractivity contribution in [3.63, 3.8) is 0 Å².